The molecule has 29 heavy (non-hydrogen) atoms. The Hall–Kier alpha value is -2.70. The van der Waals surface area contributed by atoms with Gasteiger partial charge in [0.25, 0.3) is 5.91 Å². The van der Waals surface area contributed by atoms with E-state index in [-0.39, 0.29) is 36.4 Å². The van der Waals surface area contributed by atoms with Crippen LogP contribution >= 0.6 is 0 Å². The minimum Gasteiger partial charge on any atom is -0.448 e. The molecule has 0 spiro atoms. The number of esters is 1. The highest BCUT2D eigenvalue weighted by Crippen LogP contribution is 2.25. The van der Waals surface area contributed by atoms with Gasteiger partial charge in [-0.1, -0.05) is 31.4 Å². The minimum atomic E-state index is -0.904. The van der Waals surface area contributed by atoms with Crippen LogP contribution in [0.4, 0.5) is 5.69 Å². The van der Waals surface area contributed by atoms with Gasteiger partial charge in [-0.25, -0.2) is 4.79 Å². The second-order valence-corrected chi connectivity index (χ2v) is 7.93. The lowest BCUT2D eigenvalue weighted by molar-refractivity contribution is -0.149. The number of hydrogen-bond acceptors (Lipinski definition) is 5. The van der Waals surface area contributed by atoms with Crippen LogP contribution in [0.5, 0.6) is 0 Å². The van der Waals surface area contributed by atoms with E-state index in [1.165, 1.54) is 11.4 Å². The summed E-state index contributed by atoms with van der Waals surface area (Å²) >= 11 is 0. The fraction of sp³-hybridized carbons (Fsp3) is 0.545. The van der Waals surface area contributed by atoms with Gasteiger partial charge in [0.1, 0.15) is 5.71 Å². The van der Waals surface area contributed by atoms with Gasteiger partial charge in [-0.05, 0) is 50.8 Å². The van der Waals surface area contributed by atoms with Crippen molar-refractivity contribution in [2.24, 2.45) is 5.10 Å². The summed E-state index contributed by atoms with van der Waals surface area (Å²) in [6.45, 7) is 5.39. The van der Waals surface area contributed by atoms with Crippen molar-refractivity contribution >= 4 is 29.2 Å². The fourth-order valence-electron chi connectivity index (χ4n) is 3.68. The Morgan fingerprint density at radius 2 is 1.90 bits per heavy atom. The summed E-state index contributed by atoms with van der Waals surface area (Å²) in [6, 6.07) is 5.89. The fourth-order valence-corrected chi connectivity index (χ4v) is 3.68. The molecule has 1 atom stereocenters. The number of nitrogens with zero attached hydrogens (tertiary/aromatic N) is 2. The lowest BCUT2D eigenvalue weighted by Gasteiger charge is -2.26. The van der Waals surface area contributed by atoms with Gasteiger partial charge in [0.2, 0.25) is 5.91 Å². The van der Waals surface area contributed by atoms with Gasteiger partial charge >= 0.3 is 5.97 Å². The number of aryl methyl sites for hydroxylation is 2. The summed E-state index contributed by atoms with van der Waals surface area (Å²) in [5.74, 6) is -1.11. The van der Waals surface area contributed by atoms with Crippen LogP contribution < -0.4 is 10.3 Å². The highest BCUT2D eigenvalue weighted by atomic mass is 16.5. The monoisotopic (exact) mass is 399 g/mol. The molecular weight excluding hydrogens is 370 g/mol. The van der Waals surface area contributed by atoms with Gasteiger partial charge in [-0.3, -0.25) is 9.59 Å². The summed E-state index contributed by atoms with van der Waals surface area (Å²) in [5, 5.41) is 8.49. The topological polar surface area (TPSA) is 88.1 Å². The zero-order chi connectivity index (χ0) is 21.0. The predicted molar refractivity (Wildman–Crippen MR) is 111 cm³/mol. The molecule has 1 heterocycles. The zero-order valence-electron chi connectivity index (χ0n) is 17.4. The Balaban J connectivity index is 1.67. The van der Waals surface area contributed by atoms with Gasteiger partial charge in [-0.15, -0.1) is 0 Å². The molecule has 156 valence electrons. The number of rotatable bonds is 5. The molecule has 1 aromatic rings. The van der Waals surface area contributed by atoms with Crippen molar-refractivity contribution in [3.8, 4) is 0 Å². The van der Waals surface area contributed by atoms with E-state index in [9.17, 15) is 14.4 Å². The summed E-state index contributed by atoms with van der Waals surface area (Å²) in [7, 11) is 0. The maximum atomic E-state index is 12.6. The van der Waals surface area contributed by atoms with Gasteiger partial charge in [-0.2, -0.15) is 10.1 Å². The third-order valence-electron chi connectivity index (χ3n) is 5.47. The molecule has 1 fully saturated rings. The van der Waals surface area contributed by atoms with E-state index in [0.29, 0.717) is 5.69 Å². The first-order valence-corrected chi connectivity index (χ1v) is 10.3. The molecule has 7 nitrogen and oxygen atoms in total. The van der Waals surface area contributed by atoms with E-state index < -0.39 is 12.1 Å². The standard InChI is InChI=1S/C22H29N3O4/c1-14-9-10-15(2)19(13-14)25-20(26)12-11-18(24-25)22(28)29-16(3)21(27)23-17-7-5-4-6-8-17/h9-10,13,16-17H,4-8,11-12H2,1-3H3,(H,23,27)/t16-/m0/s1. The third kappa shape index (κ3) is 5.22. The van der Waals surface area contributed by atoms with E-state index in [1.54, 1.807) is 6.92 Å². The molecule has 1 N–H and O–H groups in total. The zero-order valence-corrected chi connectivity index (χ0v) is 17.4. The first-order chi connectivity index (χ1) is 13.8. The Bertz CT molecular complexity index is 827. The van der Waals surface area contributed by atoms with Crippen LogP contribution in [0, 0.1) is 13.8 Å². The molecule has 1 aliphatic heterocycles. The molecule has 2 amide bonds. The first kappa shape index (κ1) is 21.0. The number of anilines is 1. The number of carbonyl (C=O) groups is 3. The molecule has 0 radical (unpaired) electrons. The van der Waals surface area contributed by atoms with Crippen LogP contribution in [0.15, 0.2) is 23.3 Å². The number of hydrogen-bond donors (Lipinski definition) is 1. The number of carbonyl (C=O) groups excluding carboxylic acids is 3. The first-order valence-electron chi connectivity index (χ1n) is 10.3. The van der Waals surface area contributed by atoms with Crippen molar-refractivity contribution in [1.82, 2.24) is 5.32 Å². The van der Waals surface area contributed by atoms with Crippen molar-refractivity contribution in [3.63, 3.8) is 0 Å². The summed E-state index contributed by atoms with van der Waals surface area (Å²) in [4.78, 5) is 37.3. The highest BCUT2D eigenvalue weighted by Gasteiger charge is 2.30. The molecular formula is C22H29N3O4. The number of amides is 2. The highest BCUT2D eigenvalue weighted by molar-refractivity contribution is 6.38. The van der Waals surface area contributed by atoms with E-state index >= 15 is 0 Å². The smallest absolute Gasteiger partial charge is 0.355 e. The second-order valence-electron chi connectivity index (χ2n) is 7.93. The van der Waals surface area contributed by atoms with Crippen LogP contribution in [0.3, 0.4) is 0 Å². The van der Waals surface area contributed by atoms with Crippen LogP contribution in [-0.4, -0.2) is 35.6 Å². The average molecular weight is 399 g/mol. The quantitative estimate of drug-likeness (QED) is 0.771. The molecule has 1 saturated carbocycles. The maximum absolute atomic E-state index is 12.6. The summed E-state index contributed by atoms with van der Waals surface area (Å²) in [5.41, 5.74) is 2.70. The third-order valence-corrected chi connectivity index (χ3v) is 5.47. The average Bonchev–Trinajstić information content (AvgIpc) is 2.71. The molecule has 0 bridgehead atoms. The Labute approximate surface area is 171 Å². The molecule has 7 heteroatoms. The van der Waals surface area contributed by atoms with Gasteiger partial charge in [0, 0.05) is 18.9 Å². The van der Waals surface area contributed by atoms with Crippen LogP contribution in [-0.2, 0) is 19.1 Å². The van der Waals surface area contributed by atoms with E-state index in [4.69, 9.17) is 4.74 Å². The maximum Gasteiger partial charge on any atom is 0.355 e. The van der Waals surface area contributed by atoms with E-state index in [1.807, 2.05) is 32.0 Å². The Morgan fingerprint density at radius 1 is 1.17 bits per heavy atom. The Morgan fingerprint density at radius 3 is 2.62 bits per heavy atom. The SMILES string of the molecule is Cc1ccc(C)c(N2N=C(C(=O)O[C@@H](C)C(=O)NC3CCCCC3)CCC2=O)c1. The largest absolute Gasteiger partial charge is 0.448 e. The summed E-state index contributed by atoms with van der Waals surface area (Å²) < 4.78 is 5.35. The number of hydrazone groups is 1. The van der Waals surface area contributed by atoms with Crippen LogP contribution in [0.2, 0.25) is 0 Å². The van der Waals surface area contributed by atoms with Crippen molar-refractivity contribution in [1.29, 1.82) is 0 Å². The lowest BCUT2D eigenvalue weighted by Crippen LogP contribution is -2.44. The van der Waals surface area contributed by atoms with Crippen molar-refractivity contribution in [3.05, 3.63) is 29.3 Å². The second kappa shape index (κ2) is 9.20. The lowest BCUT2D eigenvalue weighted by atomic mass is 9.95. The predicted octanol–water partition coefficient (Wildman–Crippen LogP) is 3.17. The molecule has 1 aliphatic carbocycles. The summed E-state index contributed by atoms with van der Waals surface area (Å²) in [6.07, 6.45) is 4.82. The van der Waals surface area contributed by atoms with Crippen molar-refractivity contribution < 1.29 is 19.1 Å². The van der Waals surface area contributed by atoms with Gasteiger partial charge < -0.3 is 10.1 Å². The molecule has 0 aromatic heterocycles. The molecule has 0 saturated heterocycles. The molecule has 0 unspecified atom stereocenters. The number of nitrogens with one attached hydrogen (secondary N) is 1. The van der Waals surface area contributed by atoms with Crippen LogP contribution in [0.25, 0.3) is 0 Å². The van der Waals surface area contributed by atoms with Crippen molar-refractivity contribution in [2.45, 2.75) is 77.9 Å². The van der Waals surface area contributed by atoms with E-state index in [0.717, 1.165) is 36.8 Å². The molecule has 3 rings (SSSR count). The van der Waals surface area contributed by atoms with Gasteiger partial charge in [0.05, 0.1) is 5.69 Å². The Kier molecular flexibility index (Phi) is 6.67. The molecule has 2 aliphatic rings. The number of ether oxygens (including phenoxy) is 1. The van der Waals surface area contributed by atoms with E-state index in [2.05, 4.69) is 10.4 Å². The van der Waals surface area contributed by atoms with Crippen molar-refractivity contribution in [2.75, 3.05) is 5.01 Å². The van der Waals surface area contributed by atoms with Crippen LogP contribution in [0.1, 0.15) is 63.0 Å². The number of benzene rings is 1. The normalized spacial score (nSPS) is 18.8. The van der Waals surface area contributed by atoms with Gasteiger partial charge in [0.15, 0.2) is 6.10 Å². The minimum absolute atomic E-state index is 0.154. The molecule has 1 aromatic carbocycles.